The van der Waals surface area contributed by atoms with E-state index < -0.39 is 0 Å². The summed E-state index contributed by atoms with van der Waals surface area (Å²) in [7, 11) is 0. The third kappa shape index (κ3) is 2.35. The summed E-state index contributed by atoms with van der Waals surface area (Å²) in [5.74, 6) is 0. The average Bonchev–Trinajstić information content (AvgIpc) is 2.19. The van der Waals surface area contributed by atoms with E-state index in [9.17, 15) is 0 Å². The normalized spacial score (nSPS) is 10.6. The number of nitrogens with zero attached hydrogens (tertiary/aromatic N) is 2. The van der Waals surface area contributed by atoms with E-state index >= 15 is 0 Å². The zero-order valence-corrected chi connectivity index (χ0v) is 10.4. The lowest BCUT2D eigenvalue weighted by molar-refractivity contribution is 0.588. The van der Waals surface area contributed by atoms with E-state index in [1.165, 1.54) is 0 Å². The topological polar surface area (TPSA) is 47.6 Å². The molecule has 0 atom stereocenters. The molecule has 82 valence electrons. The molecule has 0 heterocycles. The van der Waals surface area contributed by atoms with Crippen molar-refractivity contribution in [2.24, 2.45) is 0 Å². The minimum Gasteiger partial charge on any atom is -0.198 e. The molecule has 0 saturated heterocycles. The summed E-state index contributed by atoms with van der Waals surface area (Å²) >= 11 is 6.13. The molecule has 3 heteroatoms. The third-order valence-corrected chi connectivity index (χ3v) is 2.84. The largest absolute Gasteiger partial charge is 0.198 e. The van der Waals surface area contributed by atoms with E-state index in [1.54, 1.807) is 0 Å². The molecule has 0 spiro atoms. The van der Waals surface area contributed by atoms with Gasteiger partial charge in [0.05, 0.1) is 23.1 Å². The van der Waals surface area contributed by atoms with E-state index in [0.717, 1.165) is 5.56 Å². The van der Waals surface area contributed by atoms with Crippen LogP contribution in [-0.2, 0) is 11.8 Å². The number of benzene rings is 1. The Hall–Kier alpha value is -1.51. The van der Waals surface area contributed by atoms with Crippen molar-refractivity contribution in [3.8, 4) is 12.1 Å². The lowest BCUT2D eigenvalue weighted by Crippen LogP contribution is -2.14. The second kappa shape index (κ2) is 4.56. The van der Waals surface area contributed by atoms with E-state index in [2.05, 4.69) is 6.07 Å². The van der Waals surface area contributed by atoms with Crippen molar-refractivity contribution in [1.82, 2.24) is 0 Å². The summed E-state index contributed by atoms with van der Waals surface area (Å²) in [5, 5.41) is 18.2. The minimum absolute atomic E-state index is 0.125. The van der Waals surface area contributed by atoms with E-state index in [-0.39, 0.29) is 11.8 Å². The van der Waals surface area contributed by atoms with Crippen LogP contribution in [0.4, 0.5) is 0 Å². The molecule has 2 nitrogen and oxygen atoms in total. The molecule has 1 rings (SSSR count). The average molecular weight is 233 g/mol. The Morgan fingerprint density at radius 1 is 1.25 bits per heavy atom. The Balaban J connectivity index is 3.44. The maximum Gasteiger partial charge on any atom is 0.101 e. The number of nitriles is 2. The second-order valence-electron chi connectivity index (χ2n) is 4.66. The summed E-state index contributed by atoms with van der Waals surface area (Å²) in [6, 6.07) is 7.88. The molecule has 1 aromatic carbocycles. The molecule has 0 aliphatic carbocycles. The minimum atomic E-state index is -0.125. The van der Waals surface area contributed by atoms with Gasteiger partial charge in [0.2, 0.25) is 0 Å². The lowest BCUT2D eigenvalue weighted by atomic mass is 9.83. The molecule has 0 aromatic heterocycles. The molecule has 0 amide bonds. The zero-order chi connectivity index (χ0) is 12.3. The molecular formula is C13H13ClN2. The van der Waals surface area contributed by atoms with Crippen LogP contribution in [0.15, 0.2) is 12.1 Å². The second-order valence-corrected chi connectivity index (χ2v) is 5.04. The fraction of sp³-hybridized carbons (Fsp3) is 0.385. The first-order valence-electron chi connectivity index (χ1n) is 5.00. The fourth-order valence-corrected chi connectivity index (χ4v) is 1.85. The van der Waals surface area contributed by atoms with Crippen molar-refractivity contribution in [2.45, 2.75) is 32.6 Å². The van der Waals surface area contributed by atoms with Crippen molar-refractivity contribution in [2.75, 3.05) is 0 Å². The van der Waals surface area contributed by atoms with Crippen LogP contribution in [0.3, 0.4) is 0 Å². The molecule has 0 aliphatic rings. The summed E-state index contributed by atoms with van der Waals surface area (Å²) in [6.07, 6.45) is 0.234. The monoisotopic (exact) mass is 232 g/mol. The van der Waals surface area contributed by atoms with Crippen LogP contribution in [0, 0.1) is 22.7 Å². The fourth-order valence-electron chi connectivity index (χ4n) is 1.58. The van der Waals surface area contributed by atoms with Crippen LogP contribution >= 0.6 is 11.6 Å². The van der Waals surface area contributed by atoms with Gasteiger partial charge >= 0.3 is 0 Å². The summed E-state index contributed by atoms with van der Waals surface area (Å²) in [4.78, 5) is 0. The van der Waals surface area contributed by atoms with Gasteiger partial charge in [0, 0.05) is 0 Å². The van der Waals surface area contributed by atoms with Crippen molar-refractivity contribution >= 4 is 11.6 Å². The molecule has 1 aromatic rings. The number of hydrogen-bond acceptors (Lipinski definition) is 2. The molecule has 16 heavy (non-hydrogen) atoms. The van der Waals surface area contributed by atoms with Crippen molar-refractivity contribution in [3.63, 3.8) is 0 Å². The molecule has 0 N–H and O–H groups in total. The van der Waals surface area contributed by atoms with Gasteiger partial charge in [0.1, 0.15) is 6.07 Å². The maximum atomic E-state index is 9.14. The van der Waals surface area contributed by atoms with E-state index in [4.69, 9.17) is 22.1 Å². The van der Waals surface area contributed by atoms with Gasteiger partial charge in [-0.2, -0.15) is 10.5 Å². The Morgan fingerprint density at radius 3 is 2.31 bits per heavy atom. The van der Waals surface area contributed by atoms with Gasteiger partial charge in [0.15, 0.2) is 0 Å². The summed E-state index contributed by atoms with van der Waals surface area (Å²) in [5.41, 5.74) is 2.00. The van der Waals surface area contributed by atoms with Crippen LogP contribution in [-0.4, -0.2) is 0 Å². The van der Waals surface area contributed by atoms with Gasteiger partial charge in [-0.15, -0.1) is 0 Å². The highest BCUT2D eigenvalue weighted by Crippen LogP contribution is 2.32. The molecule has 0 unspecified atom stereocenters. The predicted octanol–water partition coefficient (Wildman–Crippen LogP) is 3.58. The summed E-state index contributed by atoms with van der Waals surface area (Å²) in [6.45, 7) is 6.09. The highest BCUT2D eigenvalue weighted by Gasteiger charge is 2.21. The van der Waals surface area contributed by atoms with Crippen LogP contribution < -0.4 is 0 Å². The first-order chi connectivity index (χ1) is 7.41. The Morgan fingerprint density at radius 2 is 1.88 bits per heavy atom. The predicted molar refractivity (Wildman–Crippen MR) is 64.2 cm³/mol. The van der Waals surface area contributed by atoms with Crippen molar-refractivity contribution in [3.05, 3.63) is 33.8 Å². The Kier molecular flexibility index (Phi) is 3.58. The first kappa shape index (κ1) is 12.6. The number of halogens is 1. The highest BCUT2D eigenvalue weighted by molar-refractivity contribution is 6.32. The van der Waals surface area contributed by atoms with Crippen molar-refractivity contribution in [1.29, 1.82) is 10.5 Å². The molecule has 0 bridgehead atoms. The van der Waals surface area contributed by atoms with Gasteiger partial charge in [-0.25, -0.2) is 0 Å². The van der Waals surface area contributed by atoms with Gasteiger partial charge in [-0.1, -0.05) is 44.5 Å². The van der Waals surface area contributed by atoms with Gasteiger partial charge in [-0.3, -0.25) is 0 Å². The molecular weight excluding hydrogens is 220 g/mol. The smallest absolute Gasteiger partial charge is 0.101 e. The number of rotatable bonds is 1. The Labute approximate surface area is 101 Å². The lowest BCUT2D eigenvalue weighted by Gasteiger charge is -2.21. The SMILES string of the molecule is CC(C)(C)c1ccc(CC#N)c(Cl)c1C#N. The van der Waals surface area contributed by atoms with Crippen LogP contribution in [0.5, 0.6) is 0 Å². The van der Waals surface area contributed by atoms with Crippen LogP contribution in [0.2, 0.25) is 5.02 Å². The van der Waals surface area contributed by atoms with Gasteiger partial charge in [-0.05, 0) is 16.5 Å². The molecule has 0 fully saturated rings. The zero-order valence-electron chi connectivity index (χ0n) is 9.63. The van der Waals surface area contributed by atoms with E-state index in [1.807, 2.05) is 39.0 Å². The summed E-state index contributed by atoms with van der Waals surface area (Å²) < 4.78 is 0. The number of hydrogen-bond donors (Lipinski definition) is 0. The van der Waals surface area contributed by atoms with Crippen LogP contribution in [0.25, 0.3) is 0 Å². The van der Waals surface area contributed by atoms with E-state index in [0.29, 0.717) is 16.1 Å². The quantitative estimate of drug-likeness (QED) is 0.743. The molecule has 0 radical (unpaired) electrons. The first-order valence-corrected chi connectivity index (χ1v) is 5.38. The van der Waals surface area contributed by atoms with Crippen molar-refractivity contribution < 1.29 is 0 Å². The van der Waals surface area contributed by atoms with Crippen LogP contribution in [0.1, 0.15) is 37.5 Å². The van der Waals surface area contributed by atoms with Gasteiger partial charge in [0.25, 0.3) is 0 Å². The third-order valence-electron chi connectivity index (χ3n) is 2.41. The maximum absolute atomic E-state index is 9.14. The highest BCUT2D eigenvalue weighted by atomic mass is 35.5. The molecule has 0 aliphatic heterocycles. The standard InChI is InChI=1S/C13H13ClN2/c1-13(2,3)11-5-4-9(6-7-15)12(14)10(11)8-16/h4-5H,6H2,1-3H3. The Bertz CT molecular complexity index is 484. The van der Waals surface area contributed by atoms with Gasteiger partial charge < -0.3 is 0 Å². The molecule has 0 saturated carbocycles.